The van der Waals surface area contributed by atoms with Gasteiger partial charge in [0.05, 0.1) is 22.6 Å². The van der Waals surface area contributed by atoms with E-state index < -0.39 is 59.1 Å². The number of hydrogen-bond donors (Lipinski definition) is 2. The van der Waals surface area contributed by atoms with Gasteiger partial charge in [-0.05, 0) is 44.4 Å². The van der Waals surface area contributed by atoms with Gasteiger partial charge in [-0.1, -0.05) is 12.5 Å². The standard InChI is InChI=1S/C21H21F7N2O2/c1-11-14(10-29)17(13-7-6-12(22)9-15(13)21(26,27)28)19(2,18(31)32)16(30-11)5-3-4-8-20(23,24)25/h6-7,9,16-17,30H,3-5,8H2,1-2H3,(H,31,32). The van der Waals surface area contributed by atoms with Crippen molar-refractivity contribution in [2.24, 2.45) is 5.41 Å². The lowest BCUT2D eigenvalue weighted by atomic mass is 9.61. The molecule has 0 fully saturated rings. The van der Waals surface area contributed by atoms with Gasteiger partial charge < -0.3 is 10.4 Å². The average Bonchev–Trinajstić information content (AvgIpc) is 2.65. The van der Waals surface area contributed by atoms with Crippen LogP contribution in [-0.2, 0) is 11.0 Å². The predicted molar refractivity (Wildman–Crippen MR) is 99.6 cm³/mol. The predicted octanol–water partition coefficient (Wildman–Crippen LogP) is 5.91. The first-order chi connectivity index (χ1) is 14.6. The average molecular weight is 466 g/mol. The number of nitrogens with one attached hydrogen (secondary N) is 1. The highest BCUT2D eigenvalue weighted by molar-refractivity contribution is 5.79. The number of nitriles is 1. The first kappa shape index (κ1) is 25.5. The lowest BCUT2D eigenvalue weighted by Crippen LogP contribution is -2.55. The maximum absolute atomic E-state index is 13.7. The van der Waals surface area contributed by atoms with Crippen LogP contribution in [0.4, 0.5) is 30.7 Å². The molecule has 1 aromatic rings. The van der Waals surface area contributed by atoms with Gasteiger partial charge in [0.15, 0.2) is 0 Å². The largest absolute Gasteiger partial charge is 0.481 e. The smallest absolute Gasteiger partial charge is 0.416 e. The van der Waals surface area contributed by atoms with E-state index in [4.69, 9.17) is 0 Å². The van der Waals surface area contributed by atoms with Crippen LogP contribution in [0.5, 0.6) is 0 Å². The van der Waals surface area contributed by atoms with Gasteiger partial charge in [-0.25, -0.2) is 4.39 Å². The molecule has 32 heavy (non-hydrogen) atoms. The second kappa shape index (κ2) is 9.00. The molecule has 0 bridgehead atoms. The number of alkyl halides is 6. The van der Waals surface area contributed by atoms with Crippen molar-refractivity contribution in [1.82, 2.24) is 5.32 Å². The Bertz CT molecular complexity index is 947. The van der Waals surface area contributed by atoms with Crippen LogP contribution in [0.2, 0.25) is 0 Å². The molecule has 1 aliphatic rings. The fourth-order valence-electron chi connectivity index (χ4n) is 4.18. The van der Waals surface area contributed by atoms with Crippen molar-refractivity contribution in [3.63, 3.8) is 0 Å². The zero-order valence-corrected chi connectivity index (χ0v) is 17.2. The van der Waals surface area contributed by atoms with E-state index in [1.54, 1.807) is 6.07 Å². The molecule has 176 valence electrons. The molecule has 0 aromatic heterocycles. The van der Waals surface area contributed by atoms with Crippen molar-refractivity contribution >= 4 is 5.97 Å². The molecule has 1 heterocycles. The van der Waals surface area contributed by atoms with Crippen LogP contribution in [0.25, 0.3) is 0 Å². The van der Waals surface area contributed by atoms with Gasteiger partial charge in [-0.3, -0.25) is 4.79 Å². The minimum atomic E-state index is -5.03. The van der Waals surface area contributed by atoms with Gasteiger partial charge >= 0.3 is 18.3 Å². The van der Waals surface area contributed by atoms with Crippen molar-refractivity contribution in [3.8, 4) is 6.07 Å². The van der Waals surface area contributed by atoms with Crippen LogP contribution in [0.1, 0.15) is 56.6 Å². The Morgan fingerprint density at radius 3 is 2.34 bits per heavy atom. The van der Waals surface area contributed by atoms with Crippen molar-refractivity contribution in [3.05, 3.63) is 46.4 Å². The highest BCUT2D eigenvalue weighted by atomic mass is 19.4. The molecule has 0 amide bonds. The zero-order valence-electron chi connectivity index (χ0n) is 17.2. The van der Waals surface area contributed by atoms with Gasteiger partial charge in [-0.2, -0.15) is 31.6 Å². The van der Waals surface area contributed by atoms with E-state index in [0.29, 0.717) is 0 Å². The van der Waals surface area contributed by atoms with Gasteiger partial charge in [-0.15, -0.1) is 0 Å². The van der Waals surface area contributed by atoms with E-state index in [1.165, 1.54) is 6.92 Å². The summed E-state index contributed by atoms with van der Waals surface area (Å²) >= 11 is 0. The van der Waals surface area contributed by atoms with Crippen LogP contribution >= 0.6 is 0 Å². The molecule has 3 unspecified atom stereocenters. The lowest BCUT2D eigenvalue weighted by Gasteiger charge is -2.46. The topological polar surface area (TPSA) is 73.1 Å². The molecule has 1 aromatic carbocycles. The summed E-state index contributed by atoms with van der Waals surface area (Å²) in [6.07, 6.45) is -10.9. The molecule has 1 aliphatic heterocycles. The number of rotatable bonds is 6. The van der Waals surface area contributed by atoms with Crippen molar-refractivity contribution in [1.29, 1.82) is 5.26 Å². The third-order valence-electron chi connectivity index (χ3n) is 5.82. The second-order valence-electron chi connectivity index (χ2n) is 7.96. The third kappa shape index (κ3) is 5.16. The molecule has 2 N–H and O–H groups in total. The molecule has 0 radical (unpaired) electrons. The summed E-state index contributed by atoms with van der Waals surface area (Å²) in [6.45, 7) is 2.53. The Hall–Kier alpha value is -2.77. The fraction of sp³-hybridized carbons (Fsp3) is 0.524. The number of carboxylic acid groups (broad SMARTS) is 1. The number of benzene rings is 1. The maximum Gasteiger partial charge on any atom is 0.416 e. The van der Waals surface area contributed by atoms with Crippen molar-refractivity contribution < 1.29 is 40.6 Å². The van der Waals surface area contributed by atoms with Gasteiger partial charge in [0.2, 0.25) is 0 Å². The number of carboxylic acids is 1. The van der Waals surface area contributed by atoms with E-state index in [9.17, 15) is 45.9 Å². The van der Waals surface area contributed by atoms with Gasteiger partial charge in [0.1, 0.15) is 5.82 Å². The molecule has 0 aliphatic carbocycles. The summed E-state index contributed by atoms with van der Waals surface area (Å²) in [7, 11) is 0. The summed E-state index contributed by atoms with van der Waals surface area (Å²) in [5, 5.41) is 22.4. The van der Waals surface area contributed by atoms with Crippen LogP contribution < -0.4 is 5.32 Å². The highest BCUT2D eigenvalue weighted by Crippen LogP contribution is 2.51. The van der Waals surface area contributed by atoms with E-state index >= 15 is 0 Å². The van der Waals surface area contributed by atoms with Gasteiger partial charge in [0.25, 0.3) is 0 Å². The first-order valence-electron chi connectivity index (χ1n) is 9.67. The summed E-state index contributed by atoms with van der Waals surface area (Å²) in [5.74, 6) is -4.32. The SMILES string of the molecule is CC1=C(C#N)C(c2ccc(F)cc2C(F)(F)F)C(C)(C(=O)O)C(CCCCC(F)(F)F)N1. The maximum atomic E-state index is 13.7. The number of allylic oxidation sites excluding steroid dienone is 2. The Balaban J connectivity index is 2.60. The number of carbonyl (C=O) groups is 1. The van der Waals surface area contributed by atoms with Crippen molar-refractivity contribution in [2.75, 3.05) is 0 Å². The molecule has 4 nitrogen and oxygen atoms in total. The quantitative estimate of drug-likeness (QED) is 0.404. The Morgan fingerprint density at radius 1 is 1.22 bits per heavy atom. The van der Waals surface area contributed by atoms with Crippen LogP contribution in [0, 0.1) is 22.6 Å². The monoisotopic (exact) mass is 466 g/mol. The minimum absolute atomic E-state index is 0.0442. The minimum Gasteiger partial charge on any atom is -0.481 e. The molecule has 2 rings (SSSR count). The Kier molecular flexibility index (Phi) is 7.17. The van der Waals surface area contributed by atoms with E-state index in [-0.39, 0.29) is 36.6 Å². The normalized spacial score (nSPS) is 24.1. The zero-order chi connectivity index (χ0) is 24.5. The Labute approximate surface area is 179 Å². The van der Waals surface area contributed by atoms with Crippen molar-refractivity contribution in [2.45, 2.75) is 63.8 Å². The Morgan fingerprint density at radius 2 is 1.84 bits per heavy atom. The molecular weight excluding hydrogens is 445 g/mol. The highest BCUT2D eigenvalue weighted by Gasteiger charge is 2.55. The summed E-state index contributed by atoms with van der Waals surface area (Å²) in [4.78, 5) is 12.4. The molecule has 3 atom stereocenters. The summed E-state index contributed by atoms with van der Waals surface area (Å²) < 4.78 is 92.0. The number of unbranched alkanes of at least 4 members (excludes halogenated alkanes) is 1. The summed E-state index contributed by atoms with van der Waals surface area (Å²) in [5.41, 5.74) is -4.16. The molecule has 0 saturated heterocycles. The fourth-order valence-corrected chi connectivity index (χ4v) is 4.18. The van der Waals surface area contributed by atoms with E-state index in [0.717, 1.165) is 19.1 Å². The van der Waals surface area contributed by atoms with Crippen LogP contribution in [0.3, 0.4) is 0 Å². The number of halogens is 7. The van der Waals surface area contributed by atoms with Crippen LogP contribution in [-0.4, -0.2) is 23.3 Å². The number of nitrogens with zero attached hydrogens (tertiary/aromatic N) is 1. The first-order valence-corrected chi connectivity index (χ1v) is 9.67. The molecule has 0 spiro atoms. The third-order valence-corrected chi connectivity index (χ3v) is 5.82. The molecular formula is C21H21F7N2O2. The molecule has 0 saturated carbocycles. The lowest BCUT2D eigenvalue weighted by molar-refractivity contribution is -0.152. The van der Waals surface area contributed by atoms with Gasteiger partial charge in [0, 0.05) is 24.1 Å². The second-order valence-corrected chi connectivity index (χ2v) is 7.96. The van der Waals surface area contributed by atoms with E-state index in [2.05, 4.69) is 5.32 Å². The van der Waals surface area contributed by atoms with E-state index in [1.807, 2.05) is 0 Å². The van der Waals surface area contributed by atoms with Crippen LogP contribution in [0.15, 0.2) is 29.5 Å². The number of aliphatic carboxylic acids is 1. The summed E-state index contributed by atoms with van der Waals surface area (Å²) in [6, 6.07) is 2.48. The number of hydrogen-bond acceptors (Lipinski definition) is 3. The molecule has 11 heteroatoms.